The van der Waals surface area contributed by atoms with E-state index in [1.807, 2.05) is 24.3 Å². The average Bonchev–Trinajstić information content (AvgIpc) is 2.47. The molecule has 1 aliphatic rings. The number of hydrogen-bond acceptors (Lipinski definition) is 4. The predicted molar refractivity (Wildman–Crippen MR) is 83.3 cm³/mol. The topological polar surface area (TPSA) is 61.7 Å². The number of hydrogen-bond donors (Lipinski definition) is 3. The van der Waals surface area contributed by atoms with Crippen molar-refractivity contribution in [2.45, 2.75) is 63.8 Å². The lowest BCUT2D eigenvalue weighted by Gasteiger charge is -2.41. The average molecular weight is 293 g/mol. The van der Waals surface area contributed by atoms with Crippen LogP contribution in [0.25, 0.3) is 0 Å². The summed E-state index contributed by atoms with van der Waals surface area (Å²) in [5.41, 5.74) is 0.628. The van der Waals surface area contributed by atoms with Crippen LogP contribution in [0.2, 0.25) is 0 Å². The van der Waals surface area contributed by atoms with Crippen LogP contribution < -0.4 is 10.1 Å². The van der Waals surface area contributed by atoms with E-state index in [0.717, 1.165) is 37.0 Å². The van der Waals surface area contributed by atoms with Gasteiger partial charge in [-0.1, -0.05) is 26.0 Å². The molecule has 0 saturated heterocycles. The van der Waals surface area contributed by atoms with E-state index in [0.29, 0.717) is 6.04 Å². The second-order valence-corrected chi connectivity index (χ2v) is 6.38. The Morgan fingerprint density at radius 1 is 1.38 bits per heavy atom. The van der Waals surface area contributed by atoms with Crippen LogP contribution in [0, 0.1) is 0 Å². The van der Waals surface area contributed by atoms with Gasteiger partial charge in [0.25, 0.3) is 0 Å². The highest BCUT2D eigenvalue weighted by molar-refractivity contribution is 5.28. The van der Waals surface area contributed by atoms with Crippen molar-refractivity contribution in [2.24, 2.45) is 0 Å². The van der Waals surface area contributed by atoms with Crippen molar-refractivity contribution < 1.29 is 14.9 Å². The minimum Gasteiger partial charge on any atom is -0.490 e. The number of aliphatic hydroxyl groups excluding tert-OH is 2. The normalized spacial score (nSPS) is 26.0. The van der Waals surface area contributed by atoms with Gasteiger partial charge in [0, 0.05) is 18.0 Å². The van der Waals surface area contributed by atoms with Crippen LogP contribution in [-0.2, 0) is 6.61 Å². The molecular weight excluding hydrogens is 266 g/mol. The van der Waals surface area contributed by atoms with Gasteiger partial charge in [0.1, 0.15) is 11.9 Å². The van der Waals surface area contributed by atoms with Gasteiger partial charge in [-0.15, -0.1) is 0 Å². The Bertz CT molecular complexity index is 449. The van der Waals surface area contributed by atoms with Gasteiger partial charge in [-0.3, -0.25) is 0 Å². The summed E-state index contributed by atoms with van der Waals surface area (Å²) in [5, 5.41) is 22.5. The summed E-state index contributed by atoms with van der Waals surface area (Å²) in [6.45, 7) is 4.37. The maximum Gasteiger partial charge on any atom is 0.120 e. The first kappa shape index (κ1) is 16.3. The number of nitrogens with one attached hydrogen (secondary N) is 1. The molecule has 0 bridgehead atoms. The zero-order chi connectivity index (χ0) is 15.3. The van der Waals surface area contributed by atoms with E-state index in [-0.39, 0.29) is 24.9 Å². The summed E-state index contributed by atoms with van der Waals surface area (Å²) >= 11 is 0. The molecule has 0 aliphatic heterocycles. The van der Waals surface area contributed by atoms with Crippen molar-refractivity contribution >= 4 is 0 Å². The van der Waals surface area contributed by atoms with E-state index in [4.69, 9.17) is 4.74 Å². The summed E-state index contributed by atoms with van der Waals surface area (Å²) in [7, 11) is 0. The smallest absolute Gasteiger partial charge is 0.120 e. The van der Waals surface area contributed by atoms with Crippen molar-refractivity contribution in [3.05, 3.63) is 29.8 Å². The van der Waals surface area contributed by atoms with Gasteiger partial charge < -0.3 is 20.3 Å². The molecule has 0 spiro atoms. The third-order valence-corrected chi connectivity index (χ3v) is 4.08. The molecule has 1 fully saturated rings. The van der Waals surface area contributed by atoms with Gasteiger partial charge in [0.2, 0.25) is 0 Å². The minimum atomic E-state index is -0.230. The minimum absolute atomic E-state index is 0.0251. The Kier molecular flexibility index (Phi) is 5.62. The van der Waals surface area contributed by atoms with Crippen LogP contribution >= 0.6 is 0 Å². The zero-order valence-corrected chi connectivity index (χ0v) is 13.0. The fourth-order valence-electron chi connectivity index (χ4n) is 3.25. The van der Waals surface area contributed by atoms with Crippen molar-refractivity contribution in [1.82, 2.24) is 5.32 Å². The van der Waals surface area contributed by atoms with E-state index in [9.17, 15) is 10.2 Å². The van der Waals surface area contributed by atoms with Gasteiger partial charge in [0.15, 0.2) is 0 Å². The molecule has 0 amide bonds. The highest BCUT2D eigenvalue weighted by Gasteiger charge is 2.37. The van der Waals surface area contributed by atoms with Gasteiger partial charge in [-0.05, 0) is 37.0 Å². The molecule has 0 heterocycles. The fourth-order valence-corrected chi connectivity index (χ4v) is 3.25. The summed E-state index contributed by atoms with van der Waals surface area (Å²) in [4.78, 5) is 0. The first-order chi connectivity index (χ1) is 10.1. The van der Waals surface area contributed by atoms with Crippen molar-refractivity contribution in [2.75, 3.05) is 6.61 Å². The highest BCUT2D eigenvalue weighted by atomic mass is 16.5. The number of rotatable bonds is 6. The van der Waals surface area contributed by atoms with Crippen LogP contribution in [-0.4, -0.2) is 34.5 Å². The lowest BCUT2D eigenvalue weighted by atomic mass is 9.80. The first-order valence-electron chi connectivity index (χ1n) is 7.82. The molecular formula is C17H27NO3. The largest absolute Gasteiger partial charge is 0.490 e. The Hall–Kier alpha value is -1.10. The van der Waals surface area contributed by atoms with Gasteiger partial charge >= 0.3 is 0 Å². The molecule has 0 aromatic heterocycles. The van der Waals surface area contributed by atoms with Gasteiger partial charge in [0.05, 0.1) is 13.2 Å². The predicted octanol–water partition coefficient (Wildman–Crippen LogP) is 2.23. The third-order valence-electron chi connectivity index (χ3n) is 4.08. The zero-order valence-electron chi connectivity index (χ0n) is 13.0. The molecule has 2 atom stereocenters. The Morgan fingerprint density at radius 3 is 2.86 bits per heavy atom. The summed E-state index contributed by atoms with van der Waals surface area (Å²) < 4.78 is 6.07. The highest BCUT2D eigenvalue weighted by Crippen LogP contribution is 2.31. The SMILES string of the molecule is CC(C)NC1(CO)CCCC(Oc2cccc(CO)c2)C1. The lowest BCUT2D eigenvalue weighted by Crippen LogP contribution is -2.55. The van der Waals surface area contributed by atoms with E-state index in [1.165, 1.54) is 0 Å². The molecule has 1 aliphatic carbocycles. The van der Waals surface area contributed by atoms with Crippen LogP contribution in [0.4, 0.5) is 0 Å². The second kappa shape index (κ2) is 7.25. The van der Waals surface area contributed by atoms with Gasteiger partial charge in [-0.2, -0.15) is 0 Å². The quantitative estimate of drug-likeness (QED) is 0.753. The Morgan fingerprint density at radius 2 is 2.19 bits per heavy atom. The molecule has 21 heavy (non-hydrogen) atoms. The molecule has 3 N–H and O–H groups in total. The molecule has 1 aromatic carbocycles. The number of ether oxygens (including phenoxy) is 1. The maximum atomic E-state index is 9.81. The molecule has 4 heteroatoms. The molecule has 2 rings (SSSR count). The first-order valence-corrected chi connectivity index (χ1v) is 7.82. The molecule has 1 saturated carbocycles. The van der Waals surface area contributed by atoms with Crippen molar-refractivity contribution in [3.8, 4) is 5.75 Å². The standard InChI is InChI=1S/C17H27NO3/c1-13(2)18-17(12-20)8-4-7-16(10-17)21-15-6-3-5-14(9-15)11-19/h3,5-6,9,13,16,18-20H,4,7-8,10-12H2,1-2H3. The molecule has 1 aromatic rings. The van der Waals surface area contributed by atoms with E-state index < -0.39 is 0 Å². The molecule has 2 unspecified atom stereocenters. The summed E-state index contributed by atoms with van der Waals surface area (Å²) in [6, 6.07) is 7.92. The van der Waals surface area contributed by atoms with Crippen LogP contribution in [0.15, 0.2) is 24.3 Å². The van der Waals surface area contributed by atoms with Crippen LogP contribution in [0.1, 0.15) is 45.1 Å². The molecule has 4 nitrogen and oxygen atoms in total. The van der Waals surface area contributed by atoms with Crippen LogP contribution in [0.3, 0.4) is 0 Å². The van der Waals surface area contributed by atoms with E-state index in [2.05, 4.69) is 19.2 Å². The number of benzene rings is 1. The van der Waals surface area contributed by atoms with Gasteiger partial charge in [-0.25, -0.2) is 0 Å². The Labute approximate surface area is 127 Å². The monoisotopic (exact) mass is 293 g/mol. The third kappa shape index (κ3) is 4.43. The summed E-state index contributed by atoms with van der Waals surface area (Å²) in [6.07, 6.45) is 3.95. The Balaban J connectivity index is 2.03. The second-order valence-electron chi connectivity index (χ2n) is 6.38. The fraction of sp³-hybridized carbons (Fsp3) is 0.647. The molecule has 118 valence electrons. The summed E-state index contributed by atoms with van der Waals surface area (Å²) in [5.74, 6) is 0.796. The van der Waals surface area contributed by atoms with Crippen molar-refractivity contribution in [3.63, 3.8) is 0 Å². The lowest BCUT2D eigenvalue weighted by molar-refractivity contribution is 0.0461. The van der Waals surface area contributed by atoms with Crippen LogP contribution in [0.5, 0.6) is 5.75 Å². The van der Waals surface area contributed by atoms with E-state index in [1.54, 1.807) is 0 Å². The van der Waals surface area contributed by atoms with Crippen molar-refractivity contribution in [1.29, 1.82) is 0 Å². The maximum absolute atomic E-state index is 9.81. The molecule has 0 radical (unpaired) electrons. The number of aliphatic hydroxyl groups is 2. The van der Waals surface area contributed by atoms with E-state index >= 15 is 0 Å².